The lowest BCUT2D eigenvalue weighted by atomic mass is 9.95. The van der Waals surface area contributed by atoms with Crippen LogP contribution in [0.25, 0.3) is 6.08 Å². The van der Waals surface area contributed by atoms with Gasteiger partial charge in [0.25, 0.3) is 5.56 Å². The van der Waals surface area contributed by atoms with Crippen LogP contribution in [-0.4, -0.2) is 37.5 Å². The number of allylic oxidation sites excluding steroid dienone is 1. The Morgan fingerprint density at radius 2 is 1.78 bits per heavy atom. The number of carbonyl (C=O) groups excluding carboxylic acids is 1. The summed E-state index contributed by atoms with van der Waals surface area (Å²) >= 11 is 3.45. The Labute approximate surface area is 284 Å². The Kier molecular flexibility index (Phi) is 10.5. The number of nitrogens with zero attached hydrogens (tertiary/aromatic N) is 2. The highest BCUT2D eigenvalue weighted by atomic mass is 127. The van der Waals surface area contributed by atoms with Crippen molar-refractivity contribution in [2.75, 3.05) is 20.8 Å². The minimum atomic E-state index is -0.807. The fraction of sp³-hybridized carbons (Fsp3) is 0.286. The van der Waals surface area contributed by atoms with Gasteiger partial charge in [-0.2, -0.15) is 0 Å². The lowest BCUT2D eigenvalue weighted by molar-refractivity contribution is -0.139. The summed E-state index contributed by atoms with van der Waals surface area (Å²) in [5, 5.41) is 0. The number of ether oxygens (including phenoxy) is 5. The normalized spacial score (nSPS) is 14.5. The molecular formula is C35H35IN2O7S. The van der Waals surface area contributed by atoms with Crippen molar-refractivity contribution in [2.24, 2.45) is 4.99 Å². The molecule has 0 fully saturated rings. The van der Waals surface area contributed by atoms with Crippen molar-refractivity contribution in [1.82, 2.24) is 4.57 Å². The van der Waals surface area contributed by atoms with E-state index >= 15 is 0 Å². The van der Waals surface area contributed by atoms with Gasteiger partial charge in [0.2, 0.25) is 0 Å². The molecule has 0 radical (unpaired) electrons. The summed E-state index contributed by atoms with van der Waals surface area (Å²) in [5.41, 5.74) is 2.77. The molecule has 9 nitrogen and oxygen atoms in total. The third-order valence-corrected chi connectivity index (χ3v) is 8.77. The summed E-state index contributed by atoms with van der Waals surface area (Å²) in [7, 11) is 3.14. The molecule has 46 heavy (non-hydrogen) atoms. The maximum Gasteiger partial charge on any atom is 0.338 e. The van der Waals surface area contributed by atoms with E-state index in [4.69, 9.17) is 28.7 Å². The smallest absolute Gasteiger partial charge is 0.338 e. The Bertz CT molecular complexity index is 1960. The van der Waals surface area contributed by atoms with Gasteiger partial charge in [-0.3, -0.25) is 9.36 Å². The molecule has 11 heteroatoms. The number of halogens is 1. The van der Waals surface area contributed by atoms with Gasteiger partial charge in [-0.1, -0.05) is 47.7 Å². The number of fused-ring (bicyclic) bond motifs is 1. The average molecular weight is 755 g/mol. The van der Waals surface area contributed by atoms with E-state index in [0.29, 0.717) is 55.8 Å². The van der Waals surface area contributed by atoms with Crippen molar-refractivity contribution in [3.05, 3.63) is 112 Å². The van der Waals surface area contributed by atoms with E-state index in [-0.39, 0.29) is 23.8 Å². The molecule has 0 aliphatic carbocycles. The van der Waals surface area contributed by atoms with Gasteiger partial charge in [0, 0.05) is 9.13 Å². The third-order valence-electron chi connectivity index (χ3n) is 7.16. The maximum atomic E-state index is 14.3. The maximum absolute atomic E-state index is 14.3. The lowest BCUT2D eigenvalue weighted by Gasteiger charge is -2.25. The Hall–Kier alpha value is -4.10. The van der Waals surface area contributed by atoms with Crippen molar-refractivity contribution >= 4 is 46.0 Å². The van der Waals surface area contributed by atoms with Crippen LogP contribution < -0.4 is 33.8 Å². The molecule has 4 aromatic rings. The minimum Gasteiger partial charge on any atom is -0.493 e. The van der Waals surface area contributed by atoms with E-state index in [0.717, 1.165) is 9.13 Å². The number of hydrogen-bond acceptors (Lipinski definition) is 9. The van der Waals surface area contributed by atoms with Crippen LogP contribution in [-0.2, 0) is 16.1 Å². The highest BCUT2D eigenvalue weighted by molar-refractivity contribution is 14.1. The Morgan fingerprint density at radius 3 is 2.46 bits per heavy atom. The predicted molar refractivity (Wildman–Crippen MR) is 186 cm³/mol. The first-order valence-corrected chi connectivity index (χ1v) is 16.6. The number of thiazole rings is 1. The molecule has 1 atom stereocenters. The summed E-state index contributed by atoms with van der Waals surface area (Å²) < 4.78 is 31.9. The lowest BCUT2D eigenvalue weighted by Crippen LogP contribution is -2.40. The molecule has 240 valence electrons. The van der Waals surface area contributed by atoms with E-state index in [1.165, 1.54) is 11.3 Å². The molecule has 0 amide bonds. The van der Waals surface area contributed by atoms with Crippen LogP contribution in [0.1, 0.15) is 50.4 Å². The van der Waals surface area contributed by atoms with Crippen LogP contribution in [0.2, 0.25) is 0 Å². The highest BCUT2D eigenvalue weighted by Gasteiger charge is 2.34. The van der Waals surface area contributed by atoms with Gasteiger partial charge in [-0.05, 0) is 91.8 Å². The van der Waals surface area contributed by atoms with Crippen molar-refractivity contribution in [3.8, 4) is 23.0 Å². The zero-order valence-electron chi connectivity index (χ0n) is 26.5. The van der Waals surface area contributed by atoms with Gasteiger partial charge in [0.1, 0.15) is 6.61 Å². The number of methoxy groups -OCH3 is 2. The second kappa shape index (κ2) is 14.5. The molecule has 3 aromatic carbocycles. The van der Waals surface area contributed by atoms with E-state index in [9.17, 15) is 9.59 Å². The number of aromatic nitrogens is 1. The number of benzene rings is 3. The van der Waals surface area contributed by atoms with E-state index in [1.807, 2.05) is 62.4 Å². The molecule has 1 aromatic heterocycles. The zero-order chi connectivity index (χ0) is 33.0. The molecule has 5 rings (SSSR count). The topological polar surface area (TPSA) is 97.6 Å². The van der Waals surface area contributed by atoms with Gasteiger partial charge in [0.05, 0.1) is 48.8 Å². The number of hydrogen-bond donors (Lipinski definition) is 0. The van der Waals surface area contributed by atoms with Crippen LogP contribution in [0.5, 0.6) is 23.0 Å². The summed E-state index contributed by atoms with van der Waals surface area (Å²) in [4.78, 5) is 32.8. The SMILES string of the molecule is CCOC(=O)C1=C(C)N=c2s/c(=C/c3cc(I)cc(OC)c3OCc3ccccc3)c(=O)n2[C@@H]1c1ccc(OC(C)C)c(OC)c1. The third kappa shape index (κ3) is 7.00. The van der Waals surface area contributed by atoms with Gasteiger partial charge < -0.3 is 23.7 Å². The van der Waals surface area contributed by atoms with Gasteiger partial charge >= 0.3 is 5.97 Å². The molecule has 0 saturated heterocycles. The molecule has 0 saturated carbocycles. The molecule has 1 aliphatic heterocycles. The summed E-state index contributed by atoms with van der Waals surface area (Å²) in [6.45, 7) is 7.85. The summed E-state index contributed by atoms with van der Waals surface area (Å²) in [6, 6.07) is 18.2. The van der Waals surface area contributed by atoms with Crippen molar-refractivity contribution < 1.29 is 28.5 Å². The van der Waals surface area contributed by atoms with Crippen LogP contribution >= 0.6 is 33.9 Å². The Morgan fingerprint density at radius 1 is 1.04 bits per heavy atom. The zero-order valence-corrected chi connectivity index (χ0v) is 29.4. The number of rotatable bonds is 11. The molecule has 1 aliphatic rings. The van der Waals surface area contributed by atoms with Crippen molar-refractivity contribution in [2.45, 2.75) is 46.4 Å². The monoisotopic (exact) mass is 754 g/mol. The Balaban J connectivity index is 1.68. The standard InChI is InChI=1S/C35H35IN2O7S/c1-7-43-34(40)30-21(4)37-35-38(31(30)23-13-14-26(45-20(2)3)27(16-23)41-5)33(39)29(46-35)17-24-15-25(36)18-28(42-6)32(24)44-19-22-11-9-8-10-12-22/h8-18,20,31H,7,19H2,1-6H3/b29-17+/t31-/m1/s1. The van der Waals surface area contributed by atoms with E-state index < -0.39 is 12.0 Å². The number of carbonyl (C=O) groups is 1. The number of esters is 1. The molecule has 0 bridgehead atoms. The second-order valence-electron chi connectivity index (χ2n) is 10.7. The minimum absolute atomic E-state index is 0.0732. The van der Waals surface area contributed by atoms with Crippen molar-refractivity contribution in [1.29, 1.82) is 0 Å². The fourth-order valence-electron chi connectivity index (χ4n) is 5.19. The van der Waals surface area contributed by atoms with Crippen molar-refractivity contribution in [3.63, 3.8) is 0 Å². The van der Waals surface area contributed by atoms with Crippen LogP contribution in [0.4, 0.5) is 0 Å². The van der Waals surface area contributed by atoms with Crippen LogP contribution in [0.3, 0.4) is 0 Å². The highest BCUT2D eigenvalue weighted by Crippen LogP contribution is 2.37. The largest absolute Gasteiger partial charge is 0.493 e. The molecule has 0 N–H and O–H groups in total. The molecule has 0 spiro atoms. The van der Waals surface area contributed by atoms with Gasteiger partial charge in [0.15, 0.2) is 27.8 Å². The first kappa shape index (κ1) is 33.3. The second-order valence-corrected chi connectivity index (χ2v) is 12.9. The van der Waals surface area contributed by atoms with E-state index in [2.05, 4.69) is 22.6 Å². The van der Waals surface area contributed by atoms with E-state index in [1.54, 1.807) is 50.8 Å². The molecular weight excluding hydrogens is 719 g/mol. The van der Waals surface area contributed by atoms with Gasteiger partial charge in [-0.25, -0.2) is 9.79 Å². The quantitative estimate of drug-likeness (QED) is 0.141. The predicted octanol–water partition coefficient (Wildman–Crippen LogP) is 5.79. The summed E-state index contributed by atoms with van der Waals surface area (Å²) in [6.07, 6.45) is 1.71. The molecule has 2 heterocycles. The first-order chi connectivity index (χ1) is 22.1. The summed E-state index contributed by atoms with van der Waals surface area (Å²) in [5.74, 6) is 1.57. The van der Waals surface area contributed by atoms with Crippen LogP contribution in [0.15, 0.2) is 81.7 Å². The fourth-order valence-corrected chi connectivity index (χ4v) is 6.84. The van der Waals surface area contributed by atoms with Crippen LogP contribution in [0, 0.1) is 3.57 Å². The van der Waals surface area contributed by atoms with Gasteiger partial charge in [-0.15, -0.1) is 0 Å². The average Bonchev–Trinajstić information content (AvgIpc) is 3.33. The molecule has 0 unspecified atom stereocenters. The first-order valence-electron chi connectivity index (χ1n) is 14.7.